The van der Waals surface area contributed by atoms with Crippen LogP contribution in [-0.4, -0.2) is 33.5 Å². The Balaban J connectivity index is 1.78. The second kappa shape index (κ2) is 9.08. The van der Waals surface area contributed by atoms with Crippen LogP contribution in [0.25, 0.3) is 0 Å². The first-order valence-corrected chi connectivity index (χ1v) is 11.5. The van der Waals surface area contributed by atoms with E-state index in [4.69, 9.17) is 9.84 Å². The number of carbonyl (C=O) groups is 1. The van der Waals surface area contributed by atoms with E-state index in [-0.39, 0.29) is 5.91 Å². The Morgan fingerprint density at radius 3 is 2.62 bits per heavy atom. The number of carbonyl (C=O) groups excluding carboxylic acids is 1. The zero-order valence-electron chi connectivity index (χ0n) is 18.9. The van der Waals surface area contributed by atoms with Crippen LogP contribution in [0.1, 0.15) is 36.6 Å². The molecule has 8 heteroatoms. The number of aromatic nitrogens is 3. The van der Waals surface area contributed by atoms with Gasteiger partial charge in [0.2, 0.25) is 11.1 Å². The van der Waals surface area contributed by atoms with Crippen molar-refractivity contribution in [2.24, 2.45) is 0 Å². The summed E-state index contributed by atoms with van der Waals surface area (Å²) in [4.78, 5) is 18.2. The zero-order chi connectivity index (χ0) is 22.8. The molecule has 0 saturated heterocycles. The molecule has 2 aromatic carbocycles. The molecule has 1 aliphatic rings. The van der Waals surface area contributed by atoms with Crippen LogP contribution in [0, 0.1) is 13.8 Å². The zero-order valence-corrected chi connectivity index (χ0v) is 19.7. The summed E-state index contributed by atoms with van der Waals surface area (Å²) in [5.41, 5.74) is 5.25. The van der Waals surface area contributed by atoms with E-state index in [0.29, 0.717) is 16.7 Å². The van der Waals surface area contributed by atoms with Crippen LogP contribution in [0.4, 0.5) is 11.6 Å². The fourth-order valence-electron chi connectivity index (χ4n) is 3.79. The lowest BCUT2D eigenvalue weighted by Crippen LogP contribution is -2.31. The van der Waals surface area contributed by atoms with Gasteiger partial charge in [0.1, 0.15) is 11.8 Å². The summed E-state index contributed by atoms with van der Waals surface area (Å²) in [6, 6.07) is 13.2. The van der Waals surface area contributed by atoms with E-state index in [2.05, 4.69) is 22.5 Å². The van der Waals surface area contributed by atoms with Gasteiger partial charge in [-0.05, 0) is 61.4 Å². The van der Waals surface area contributed by atoms with Crippen molar-refractivity contribution in [3.05, 3.63) is 70.4 Å². The number of nitrogens with one attached hydrogen (secondary N) is 2. The van der Waals surface area contributed by atoms with Gasteiger partial charge in [-0.25, -0.2) is 4.68 Å². The maximum Gasteiger partial charge on any atom is 0.255 e. The fourth-order valence-corrected chi connectivity index (χ4v) is 4.34. The molecule has 0 saturated carbocycles. The van der Waals surface area contributed by atoms with E-state index in [1.165, 1.54) is 0 Å². The highest BCUT2D eigenvalue weighted by Crippen LogP contribution is 2.37. The number of methoxy groups -OCH3 is 1. The summed E-state index contributed by atoms with van der Waals surface area (Å²) in [6.45, 7) is 8.01. The van der Waals surface area contributed by atoms with Gasteiger partial charge in [-0.1, -0.05) is 43.0 Å². The predicted octanol–water partition coefficient (Wildman–Crippen LogP) is 4.94. The minimum Gasteiger partial charge on any atom is -0.497 e. The van der Waals surface area contributed by atoms with Crippen molar-refractivity contribution in [2.75, 3.05) is 23.5 Å². The molecule has 4 rings (SSSR count). The lowest BCUT2D eigenvalue weighted by Gasteiger charge is -2.29. The topological polar surface area (TPSA) is 81.1 Å². The third-order valence-corrected chi connectivity index (χ3v) is 6.36. The molecule has 3 aromatic rings. The van der Waals surface area contributed by atoms with E-state index in [1.807, 2.05) is 63.2 Å². The largest absolute Gasteiger partial charge is 0.497 e. The molecular formula is C24H27N5O2S. The normalized spacial score (nSPS) is 15.2. The van der Waals surface area contributed by atoms with Gasteiger partial charge in [-0.15, -0.1) is 5.10 Å². The smallest absolute Gasteiger partial charge is 0.255 e. The van der Waals surface area contributed by atoms with Crippen molar-refractivity contribution in [3.8, 4) is 5.75 Å². The minimum absolute atomic E-state index is 0.171. The number of allylic oxidation sites excluding steroid dienone is 1. The highest BCUT2D eigenvalue weighted by molar-refractivity contribution is 7.99. The molecule has 1 aliphatic heterocycles. The van der Waals surface area contributed by atoms with Crippen LogP contribution in [0.2, 0.25) is 0 Å². The monoisotopic (exact) mass is 449 g/mol. The Bertz CT molecular complexity index is 1180. The number of thioether (sulfide) groups is 1. The number of nitrogens with zero attached hydrogens (tertiary/aromatic N) is 3. The van der Waals surface area contributed by atoms with Gasteiger partial charge in [0.05, 0.1) is 12.7 Å². The first kappa shape index (κ1) is 22.0. The Morgan fingerprint density at radius 1 is 1.19 bits per heavy atom. The minimum atomic E-state index is -0.416. The van der Waals surface area contributed by atoms with Gasteiger partial charge in [0.25, 0.3) is 5.91 Å². The van der Waals surface area contributed by atoms with Crippen molar-refractivity contribution >= 4 is 29.3 Å². The highest BCUT2D eigenvalue weighted by atomic mass is 32.2. The average Bonchev–Trinajstić information content (AvgIpc) is 3.18. The van der Waals surface area contributed by atoms with Gasteiger partial charge in [0, 0.05) is 11.4 Å². The van der Waals surface area contributed by atoms with Gasteiger partial charge < -0.3 is 15.4 Å². The number of ether oxygens (including phenoxy) is 1. The third kappa shape index (κ3) is 4.10. The molecule has 0 fully saturated rings. The molecule has 0 radical (unpaired) electrons. The van der Waals surface area contributed by atoms with Crippen molar-refractivity contribution in [1.82, 2.24) is 14.8 Å². The lowest BCUT2D eigenvalue weighted by molar-refractivity contribution is -0.113. The summed E-state index contributed by atoms with van der Waals surface area (Å²) in [6.07, 6.45) is 0. The van der Waals surface area contributed by atoms with Crippen molar-refractivity contribution in [1.29, 1.82) is 0 Å². The van der Waals surface area contributed by atoms with Crippen LogP contribution in [0.3, 0.4) is 0 Å². The van der Waals surface area contributed by atoms with Crippen LogP contribution < -0.4 is 15.4 Å². The quantitative estimate of drug-likeness (QED) is 0.519. The number of fused-ring (bicyclic) bond motifs is 1. The molecule has 166 valence electrons. The second-order valence-corrected chi connectivity index (χ2v) is 8.87. The first-order chi connectivity index (χ1) is 15.4. The molecule has 1 atom stereocenters. The standard InChI is InChI=1S/C24H27N5O2S/c1-6-32-24-27-23-25-16(4)20(22(30)26-19-9-7-8-14(2)15(19)3)21(29(23)28-24)17-10-12-18(31-5)13-11-17/h7-13,21H,6H2,1-5H3,(H,26,30)(H,25,27,28). The van der Waals surface area contributed by atoms with Gasteiger partial charge in [-0.2, -0.15) is 4.98 Å². The Hall–Kier alpha value is -3.26. The molecule has 1 unspecified atom stereocenters. The molecule has 32 heavy (non-hydrogen) atoms. The molecule has 2 heterocycles. The van der Waals surface area contributed by atoms with Gasteiger partial charge >= 0.3 is 0 Å². The number of anilines is 2. The first-order valence-electron chi connectivity index (χ1n) is 10.5. The molecular weight excluding hydrogens is 422 g/mol. The van der Waals surface area contributed by atoms with E-state index in [9.17, 15) is 4.79 Å². The Morgan fingerprint density at radius 2 is 1.94 bits per heavy atom. The van der Waals surface area contributed by atoms with E-state index in [0.717, 1.165) is 39.6 Å². The van der Waals surface area contributed by atoms with Crippen LogP contribution >= 0.6 is 11.8 Å². The second-order valence-electron chi connectivity index (χ2n) is 7.64. The number of hydrogen-bond donors (Lipinski definition) is 2. The summed E-state index contributed by atoms with van der Waals surface area (Å²) >= 11 is 1.57. The SMILES string of the molecule is CCSc1nc2n(n1)C(c1ccc(OC)cc1)C(C(=O)Nc1cccc(C)c1C)=C(C)N2. The van der Waals surface area contributed by atoms with E-state index in [1.54, 1.807) is 23.6 Å². The van der Waals surface area contributed by atoms with E-state index < -0.39 is 6.04 Å². The third-order valence-electron chi connectivity index (χ3n) is 5.64. The number of benzene rings is 2. The summed E-state index contributed by atoms with van der Waals surface area (Å²) in [5.74, 6) is 2.08. The summed E-state index contributed by atoms with van der Waals surface area (Å²) in [5, 5.41) is 11.8. The number of amides is 1. The molecule has 2 N–H and O–H groups in total. The number of hydrogen-bond acceptors (Lipinski definition) is 6. The lowest BCUT2D eigenvalue weighted by atomic mass is 9.94. The maximum atomic E-state index is 13.6. The van der Waals surface area contributed by atoms with Crippen LogP contribution in [-0.2, 0) is 4.79 Å². The number of aryl methyl sites for hydroxylation is 1. The molecule has 1 aromatic heterocycles. The number of rotatable bonds is 6. The summed E-state index contributed by atoms with van der Waals surface area (Å²) in [7, 11) is 1.64. The van der Waals surface area contributed by atoms with Crippen LogP contribution in [0.5, 0.6) is 5.75 Å². The highest BCUT2D eigenvalue weighted by Gasteiger charge is 2.34. The van der Waals surface area contributed by atoms with Gasteiger partial charge in [0.15, 0.2) is 0 Å². The predicted molar refractivity (Wildman–Crippen MR) is 128 cm³/mol. The van der Waals surface area contributed by atoms with E-state index >= 15 is 0 Å². The van der Waals surface area contributed by atoms with Crippen LogP contribution in [0.15, 0.2) is 58.9 Å². The summed E-state index contributed by atoms with van der Waals surface area (Å²) < 4.78 is 7.12. The Labute approximate surface area is 192 Å². The molecule has 0 spiro atoms. The molecule has 1 amide bonds. The van der Waals surface area contributed by atoms with Gasteiger partial charge in [-0.3, -0.25) is 4.79 Å². The maximum absolute atomic E-state index is 13.6. The molecule has 0 bridgehead atoms. The fraction of sp³-hybridized carbons (Fsp3) is 0.292. The van der Waals surface area contributed by atoms with Crippen molar-refractivity contribution in [3.63, 3.8) is 0 Å². The Kier molecular flexibility index (Phi) is 6.23. The van der Waals surface area contributed by atoms with Crippen molar-refractivity contribution < 1.29 is 9.53 Å². The average molecular weight is 450 g/mol. The van der Waals surface area contributed by atoms with Crippen molar-refractivity contribution in [2.45, 2.75) is 38.9 Å². The molecule has 0 aliphatic carbocycles. The molecule has 7 nitrogen and oxygen atoms in total.